The Labute approximate surface area is 89.4 Å². The molecule has 4 heteroatoms. The van der Waals surface area contributed by atoms with Crippen molar-refractivity contribution >= 4 is 17.3 Å². The molecule has 2 heterocycles. The maximum atomic E-state index is 4.48. The number of allylic oxidation sites excluding steroid dienone is 2. The highest BCUT2D eigenvalue weighted by Crippen LogP contribution is 2.07. The van der Waals surface area contributed by atoms with Crippen molar-refractivity contribution in [1.82, 2.24) is 4.90 Å². The molecule has 0 N–H and O–H groups in total. The van der Waals surface area contributed by atoms with Crippen LogP contribution in [0.5, 0.6) is 0 Å². The lowest BCUT2D eigenvalue weighted by Crippen LogP contribution is -2.24. The van der Waals surface area contributed by atoms with Crippen LogP contribution in [-0.4, -0.2) is 42.4 Å². The van der Waals surface area contributed by atoms with E-state index in [-0.39, 0.29) is 6.17 Å². The summed E-state index contributed by atoms with van der Waals surface area (Å²) >= 11 is 0. The van der Waals surface area contributed by atoms with Gasteiger partial charge in [-0.25, -0.2) is 9.98 Å². The monoisotopic (exact) mass is 202 g/mol. The minimum atomic E-state index is 0.137. The summed E-state index contributed by atoms with van der Waals surface area (Å²) in [5, 5.41) is 0. The minimum absolute atomic E-state index is 0.137. The first kappa shape index (κ1) is 9.98. The van der Waals surface area contributed by atoms with Gasteiger partial charge in [0, 0.05) is 6.20 Å². The zero-order valence-corrected chi connectivity index (χ0v) is 9.18. The zero-order chi connectivity index (χ0) is 10.8. The molecule has 0 aliphatic carbocycles. The van der Waals surface area contributed by atoms with Crippen molar-refractivity contribution in [2.45, 2.75) is 13.1 Å². The molecule has 0 radical (unpaired) electrons. The second kappa shape index (κ2) is 3.90. The number of fused-ring (bicyclic) bond motifs is 1. The molecule has 2 rings (SSSR count). The van der Waals surface area contributed by atoms with E-state index in [0.717, 1.165) is 17.3 Å². The first-order valence-electron chi connectivity index (χ1n) is 4.92. The Balaban J connectivity index is 2.20. The zero-order valence-electron chi connectivity index (χ0n) is 9.18. The van der Waals surface area contributed by atoms with Gasteiger partial charge in [-0.1, -0.05) is 0 Å². The summed E-state index contributed by atoms with van der Waals surface area (Å²) in [5.74, 6) is 0.761. The summed E-state index contributed by atoms with van der Waals surface area (Å²) in [6, 6.07) is 0. The van der Waals surface area contributed by atoms with Crippen molar-refractivity contribution in [3.05, 3.63) is 24.4 Å². The quantitative estimate of drug-likeness (QED) is 0.664. The summed E-state index contributed by atoms with van der Waals surface area (Å²) in [5.41, 5.74) is 1.83. The molecule has 1 atom stereocenters. The molecule has 0 fully saturated rings. The van der Waals surface area contributed by atoms with Crippen LogP contribution in [0.3, 0.4) is 0 Å². The number of hydrogen-bond acceptors (Lipinski definition) is 3. The first-order chi connectivity index (χ1) is 7.16. The van der Waals surface area contributed by atoms with Crippen LogP contribution in [0.4, 0.5) is 0 Å². The summed E-state index contributed by atoms with van der Waals surface area (Å²) in [6.45, 7) is 2.04. The third kappa shape index (κ3) is 2.10. The van der Waals surface area contributed by atoms with Gasteiger partial charge < -0.3 is 0 Å². The van der Waals surface area contributed by atoms with E-state index in [4.69, 9.17) is 0 Å². The van der Waals surface area contributed by atoms with Crippen molar-refractivity contribution in [2.75, 3.05) is 14.1 Å². The maximum Gasteiger partial charge on any atom is 0.149 e. The van der Waals surface area contributed by atoms with Crippen molar-refractivity contribution in [1.29, 1.82) is 0 Å². The molecule has 15 heavy (non-hydrogen) atoms. The van der Waals surface area contributed by atoms with Crippen LogP contribution in [0.2, 0.25) is 0 Å². The van der Waals surface area contributed by atoms with Gasteiger partial charge in [0.15, 0.2) is 0 Å². The molecule has 0 bridgehead atoms. The molecule has 1 unspecified atom stereocenters. The van der Waals surface area contributed by atoms with Gasteiger partial charge in [-0.2, -0.15) is 0 Å². The molecule has 0 amide bonds. The number of dihydropyridines is 1. The number of nitrogens with zero attached hydrogens (tertiary/aromatic N) is 4. The fraction of sp³-hybridized carbons (Fsp3) is 0.364. The van der Waals surface area contributed by atoms with E-state index < -0.39 is 0 Å². The molecule has 0 aromatic heterocycles. The van der Waals surface area contributed by atoms with Gasteiger partial charge in [0.05, 0.1) is 11.4 Å². The lowest BCUT2D eigenvalue weighted by atomic mass is 10.2. The van der Waals surface area contributed by atoms with Gasteiger partial charge in [0.25, 0.3) is 0 Å². The van der Waals surface area contributed by atoms with Crippen LogP contribution in [0.25, 0.3) is 0 Å². The van der Waals surface area contributed by atoms with Crippen molar-refractivity contribution in [3.8, 4) is 0 Å². The van der Waals surface area contributed by atoms with Crippen molar-refractivity contribution < 1.29 is 0 Å². The lowest BCUT2D eigenvalue weighted by Gasteiger charge is -2.16. The Kier molecular flexibility index (Phi) is 2.60. The Morgan fingerprint density at radius 3 is 2.73 bits per heavy atom. The highest BCUT2D eigenvalue weighted by molar-refractivity contribution is 6.54. The first-order valence-corrected chi connectivity index (χ1v) is 4.92. The van der Waals surface area contributed by atoms with E-state index in [9.17, 15) is 0 Å². The standard InChI is InChI=1S/C11H14N4/c1-8(15(2)3)13-11-5-4-9-10(14-11)6-7-12-9/h4-8H,1-3H3. The second-order valence-electron chi connectivity index (χ2n) is 3.74. The lowest BCUT2D eigenvalue weighted by molar-refractivity contribution is 0.324. The summed E-state index contributed by atoms with van der Waals surface area (Å²) in [4.78, 5) is 15.1. The fourth-order valence-electron chi connectivity index (χ4n) is 1.26. The van der Waals surface area contributed by atoms with E-state index in [1.54, 1.807) is 6.20 Å². The third-order valence-corrected chi connectivity index (χ3v) is 2.40. The predicted molar refractivity (Wildman–Crippen MR) is 63.7 cm³/mol. The van der Waals surface area contributed by atoms with E-state index in [1.165, 1.54) is 0 Å². The normalized spacial score (nSPS) is 23.1. The maximum absolute atomic E-state index is 4.48. The average molecular weight is 202 g/mol. The van der Waals surface area contributed by atoms with Crippen LogP contribution >= 0.6 is 0 Å². The molecule has 0 saturated heterocycles. The van der Waals surface area contributed by atoms with Crippen LogP contribution in [-0.2, 0) is 0 Å². The van der Waals surface area contributed by atoms with Crippen molar-refractivity contribution in [2.24, 2.45) is 15.0 Å². The van der Waals surface area contributed by atoms with E-state index in [1.807, 2.05) is 44.1 Å². The average Bonchev–Trinajstić information content (AvgIpc) is 2.64. The molecule has 4 nitrogen and oxygen atoms in total. The summed E-state index contributed by atoms with van der Waals surface area (Å²) < 4.78 is 0. The van der Waals surface area contributed by atoms with Crippen molar-refractivity contribution in [3.63, 3.8) is 0 Å². The topological polar surface area (TPSA) is 40.3 Å². The van der Waals surface area contributed by atoms with Crippen LogP contribution in [0.15, 0.2) is 39.4 Å². The molecule has 0 spiro atoms. The molecular formula is C11H14N4. The fourth-order valence-corrected chi connectivity index (χ4v) is 1.26. The van der Waals surface area contributed by atoms with E-state index in [2.05, 4.69) is 15.0 Å². The SMILES string of the molecule is CC(N=C1C=CC2=NC=CC2=N1)N(C)C. The Bertz CT molecular complexity index is 410. The van der Waals surface area contributed by atoms with Crippen LogP contribution in [0, 0.1) is 0 Å². The number of aliphatic imine (C=N–C) groups is 3. The number of hydrogen-bond donors (Lipinski definition) is 0. The number of rotatable bonds is 2. The molecule has 0 saturated carbocycles. The van der Waals surface area contributed by atoms with Crippen LogP contribution in [0.1, 0.15) is 6.92 Å². The molecule has 0 aromatic carbocycles. The summed E-state index contributed by atoms with van der Waals surface area (Å²) in [7, 11) is 3.99. The van der Waals surface area contributed by atoms with Gasteiger partial charge in [0.1, 0.15) is 12.0 Å². The number of amidine groups is 1. The molecular weight excluding hydrogens is 188 g/mol. The highest BCUT2D eigenvalue weighted by atomic mass is 15.2. The largest absolute Gasteiger partial charge is 0.288 e. The smallest absolute Gasteiger partial charge is 0.149 e. The van der Waals surface area contributed by atoms with Crippen LogP contribution < -0.4 is 0 Å². The predicted octanol–water partition coefficient (Wildman–Crippen LogP) is 1.27. The molecule has 2 aliphatic rings. The van der Waals surface area contributed by atoms with E-state index in [0.29, 0.717) is 0 Å². The van der Waals surface area contributed by atoms with Gasteiger partial charge in [-0.15, -0.1) is 0 Å². The van der Waals surface area contributed by atoms with Gasteiger partial charge in [-0.05, 0) is 39.2 Å². The van der Waals surface area contributed by atoms with Gasteiger partial charge >= 0.3 is 0 Å². The van der Waals surface area contributed by atoms with Gasteiger partial charge in [0.2, 0.25) is 0 Å². The Morgan fingerprint density at radius 1 is 1.20 bits per heavy atom. The molecule has 0 aromatic rings. The summed E-state index contributed by atoms with van der Waals surface area (Å²) in [6.07, 6.45) is 7.64. The van der Waals surface area contributed by atoms with E-state index >= 15 is 0 Å². The third-order valence-electron chi connectivity index (χ3n) is 2.40. The Hall–Kier alpha value is -1.55. The molecule has 2 aliphatic heterocycles. The van der Waals surface area contributed by atoms with Gasteiger partial charge in [-0.3, -0.25) is 9.89 Å². The second-order valence-corrected chi connectivity index (χ2v) is 3.74. The highest BCUT2D eigenvalue weighted by Gasteiger charge is 2.13. The Morgan fingerprint density at radius 2 is 2.00 bits per heavy atom. The minimum Gasteiger partial charge on any atom is -0.288 e. The molecule has 78 valence electrons.